The second kappa shape index (κ2) is 6.54. The zero-order valence-corrected chi connectivity index (χ0v) is 15.8. The molecule has 0 spiro atoms. The molecule has 0 radical (unpaired) electrons. The van der Waals surface area contributed by atoms with Crippen molar-refractivity contribution in [3.63, 3.8) is 0 Å². The van der Waals surface area contributed by atoms with Gasteiger partial charge in [-0.25, -0.2) is 4.98 Å². The average Bonchev–Trinajstić information content (AvgIpc) is 3.27. The molecule has 3 aromatic heterocycles. The number of nitrogens with one attached hydrogen (secondary N) is 2. The SMILES string of the molecule is Cc1[nH]c2ccccc2c1-c1csc(NC(=O)Cn2c(C)csc2=O)n1. The van der Waals surface area contributed by atoms with Gasteiger partial charge < -0.3 is 10.3 Å². The van der Waals surface area contributed by atoms with Gasteiger partial charge in [-0.1, -0.05) is 29.5 Å². The molecule has 4 rings (SSSR count). The van der Waals surface area contributed by atoms with E-state index in [4.69, 9.17) is 0 Å². The van der Waals surface area contributed by atoms with Crippen LogP contribution in [0.15, 0.2) is 39.8 Å². The van der Waals surface area contributed by atoms with E-state index < -0.39 is 0 Å². The number of aromatic amines is 1. The minimum atomic E-state index is -0.259. The van der Waals surface area contributed by atoms with Crippen molar-refractivity contribution in [2.45, 2.75) is 20.4 Å². The molecular weight excluding hydrogens is 368 g/mol. The van der Waals surface area contributed by atoms with Crippen LogP contribution >= 0.6 is 22.7 Å². The summed E-state index contributed by atoms with van der Waals surface area (Å²) in [5, 5.41) is 8.09. The van der Waals surface area contributed by atoms with Crippen LogP contribution in [-0.4, -0.2) is 20.4 Å². The Hall–Kier alpha value is -2.71. The summed E-state index contributed by atoms with van der Waals surface area (Å²) in [6.45, 7) is 3.82. The summed E-state index contributed by atoms with van der Waals surface area (Å²) >= 11 is 2.47. The van der Waals surface area contributed by atoms with Gasteiger partial charge in [0.05, 0.1) is 5.69 Å². The van der Waals surface area contributed by atoms with Gasteiger partial charge >= 0.3 is 4.87 Å². The van der Waals surface area contributed by atoms with E-state index in [0.29, 0.717) is 5.13 Å². The molecule has 0 unspecified atom stereocenters. The highest BCUT2D eigenvalue weighted by Gasteiger charge is 2.15. The molecular formula is C18H16N4O2S2. The van der Waals surface area contributed by atoms with Gasteiger partial charge in [0.25, 0.3) is 0 Å². The summed E-state index contributed by atoms with van der Waals surface area (Å²) in [6.07, 6.45) is 0. The predicted octanol–water partition coefficient (Wildman–Crippen LogP) is 3.77. The lowest BCUT2D eigenvalue weighted by Crippen LogP contribution is -2.25. The number of carbonyl (C=O) groups excluding carboxylic acids is 1. The Morgan fingerprint density at radius 3 is 2.81 bits per heavy atom. The van der Waals surface area contributed by atoms with Crippen molar-refractivity contribution in [2.75, 3.05) is 5.32 Å². The number of anilines is 1. The zero-order valence-electron chi connectivity index (χ0n) is 14.2. The molecule has 2 N–H and O–H groups in total. The van der Waals surface area contributed by atoms with E-state index in [1.165, 1.54) is 15.9 Å². The molecule has 0 bridgehead atoms. The number of rotatable bonds is 4. The molecule has 3 heterocycles. The van der Waals surface area contributed by atoms with Gasteiger partial charge in [0.1, 0.15) is 6.54 Å². The molecule has 132 valence electrons. The molecule has 1 aromatic carbocycles. The molecule has 6 nitrogen and oxygen atoms in total. The highest BCUT2D eigenvalue weighted by molar-refractivity contribution is 7.14. The first-order valence-electron chi connectivity index (χ1n) is 8.01. The van der Waals surface area contributed by atoms with Crippen LogP contribution < -0.4 is 10.2 Å². The van der Waals surface area contributed by atoms with Crippen LogP contribution in [0.5, 0.6) is 0 Å². The normalized spacial score (nSPS) is 11.2. The maximum Gasteiger partial charge on any atom is 0.307 e. The zero-order chi connectivity index (χ0) is 18.3. The van der Waals surface area contributed by atoms with Gasteiger partial charge in [0, 0.05) is 38.6 Å². The highest BCUT2D eigenvalue weighted by atomic mass is 32.1. The third-order valence-electron chi connectivity index (χ3n) is 4.18. The molecule has 0 aliphatic rings. The van der Waals surface area contributed by atoms with Gasteiger partial charge in [-0.05, 0) is 19.9 Å². The number of H-pyrrole nitrogens is 1. The Balaban J connectivity index is 1.57. The topological polar surface area (TPSA) is 79.8 Å². The number of hydrogen-bond acceptors (Lipinski definition) is 5. The van der Waals surface area contributed by atoms with E-state index in [-0.39, 0.29) is 17.3 Å². The van der Waals surface area contributed by atoms with Crippen LogP contribution in [0.25, 0.3) is 22.2 Å². The summed E-state index contributed by atoms with van der Waals surface area (Å²) in [7, 11) is 0. The van der Waals surface area contributed by atoms with Crippen LogP contribution in [0.1, 0.15) is 11.4 Å². The molecule has 0 atom stereocenters. The maximum atomic E-state index is 12.3. The van der Waals surface area contributed by atoms with Gasteiger partial charge in [0.2, 0.25) is 5.91 Å². The van der Waals surface area contributed by atoms with E-state index >= 15 is 0 Å². The number of hydrogen-bond donors (Lipinski definition) is 2. The molecule has 0 fully saturated rings. The van der Waals surface area contributed by atoms with Crippen molar-refractivity contribution < 1.29 is 4.79 Å². The smallest absolute Gasteiger partial charge is 0.307 e. The van der Waals surface area contributed by atoms with E-state index in [2.05, 4.69) is 21.4 Å². The first-order chi connectivity index (χ1) is 12.5. The Bertz CT molecular complexity index is 1170. The van der Waals surface area contributed by atoms with Crippen molar-refractivity contribution >= 4 is 44.6 Å². The summed E-state index contributed by atoms with van der Waals surface area (Å²) < 4.78 is 1.46. The number of nitrogens with zero attached hydrogens (tertiary/aromatic N) is 2. The van der Waals surface area contributed by atoms with Crippen LogP contribution in [0.2, 0.25) is 0 Å². The fraction of sp³-hybridized carbons (Fsp3) is 0.167. The fourth-order valence-electron chi connectivity index (χ4n) is 2.95. The third kappa shape index (κ3) is 2.97. The molecule has 0 saturated heterocycles. The Morgan fingerprint density at radius 2 is 2.04 bits per heavy atom. The van der Waals surface area contributed by atoms with Gasteiger partial charge in [0.15, 0.2) is 5.13 Å². The Morgan fingerprint density at radius 1 is 1.23 bits per heavy atom. The highest BCUT2D eigenvalue weighted by Crippen LogP contribution is 2.33. The van der Waals surface area contributed by atoms with Crippen LogP contribution in [-0.2, 0) is 11.3 Å². The monoisotopic (exact) mass is 384 g/mol. The van der Waals surface area contributed by atoms with Crippen molar-refractivity contribution in [3.8, 4) is 11.3 Å². The fourth-order valence-corrected chi connectivity index (χ4v) is 4.40. The van der Waals surface area contributed by atoms with E-state index in [1.54, 1.807) is 5.38 Å². The number of fused-ring (bicyclic) bond motifs is 1. The third-order valence-corrected chi connectivity index (χ3v) is 5.82. The number of para-hydroxylation sites is 1. The summed E-state index contributed by atoms with van der Waals surface area (Å²) in [4.78, 5) is 31.8. The van der Waals surface area contributed by atoms with Crippen molar-refractivity contribution in [1.29, 1.82) is 0 Å². The van der Waals surface area contributed by atoms with Crippen LogP contribution in [0.3, 0.4) is 0 Å². The first-order valence-corrected chi connectivity index (χ1v) is 9.77. The Labute approximate surface area is 157 Å². The second-order valence-corrected chi connectivity index (χ2v) is 7.66. The number of thiazole rings is 2. The minimum Gasteiger partial charge on any atom is -0.358 e. The second-order valence-electron chi connectivity index (χ2n) is 5.99. The molecule has 4 aromatic rings. The molecule has 0 saturated carbocycles. The molecule has 0 aliphatic carbocycles. The van der Waals surface area contributed by atoms with E-state index in [9.17, 15) is 9.59 Å². The van der Waals surface area contributed by atoms with E-state index in [0.717, 1.165) is 44.9 Å². The quantitative estimate of drug-likeness (QED) is 0.562. The van der Waals surface area contributed by atoms with Gasteiger partial charge in [-0.2, -0.15) is 0 Å². The molecule has 1 amide bonds. The van der Waals surface area contributed by atoms with Crippen LogP contribution in [0.4, 0.5) is 5.13 Å². The predicted molar refractivity (Wildman–Crippen MR) is 106 cm³/mol. The van der Waals surface area contributed by atoms with Crippen molar-refractivity contribution in [1.82, 2.24) is 14.5 Å². The largest absolute Gasteiger partial charge is 0.358 e. The number of carbonyl (C=O) groups is 1. The number of aromatic nitrogens is 3. The molecule has 0 aliphatic heterocycles. The summed E-state index contributed by atoms with van der Waals surface area (Å²) in [6, 6.07) is 8.07. The summed E-state index contributed by atoms with van der Waals surface area (Å²) in [5.41, 5.74) is 4.75. The van der Waals surface area contributed by atoms with Crippen molar-refractivity contribution in [2.24, 2.45) is 0 Å². The van der Waals surface area contributed by atoms with Crippen LogP contribution in [0, 0.1) is 13.8 Å². The number of aryl methyl sites for hydroxylation is 2. The molecule has 8 heteroatoms. The lowest BCUT2D eigenvalue weighted by atomic mass is 10.1. The lowest BCUT2D eigenvalue weighted by molar-refractivity contribution is -0.116. The van der Waals surface area contributed by atoms with Gasteiger partial charge in [-0.3, -0.25) is 14.2 Å². The van der Waals surface area contributed by atoms with Gasteiger partial charge in [-0.15, -0.1) is 11.3 Å². The number of amides is 1. The Kier molecular flexibility index (Phi) is 4.21. The summed E-state index contributed by atoms with van der Waals surface area (Å²) in [5.74, 6) is -0.259. The average molecular weight is 384 g/mol. The first kappa shape index (κ1) is 16.7. The van der Waals surface area contributed by atoms with E-state index in [1.807, 2.05) is 37.4 Å². The number of benzene rings is 1. The molecule has 26 heavy (non-hydrogen) atoms. The van der Waals surface area contributed by atoms with Crippen molar-refractivity contribution in [3.05, 3.63) is 56.1 Å². The minimum absolute atomic E-state index is 0.00477. The standard InChI is InChI=1S/C18H16N4O2S2/c1-10-8-26-18(24)22(10)7-15(23)21-17-20-14(9-25-17)16-11(2)19-13-6-4-3-5-12(13)16/h3-6,8-9,19H,7H2,1-2H3,(H,20,21,23). The lowest BCUT2D eigenvalue weighted by Gasteiger charge is -2.04. The maximum absolute atomic E-state index is 12.3.